The van der Waals surface area contributed by atoms with Crippen molar-refractivity contribution >= 4 is 17.9 Å². The lowest BCUT2D eigenvalue weighted by Crippen LogP contribution is -2.30. The lowest BCUT2D eigenvalue weighted by molar-refractivity contribution is -0.167. The summed E-state index contributed by atoms with van der Waals surface area (Å²) in [4.78, 5) is 38.0. The largest absolute Gasteiger partial charge is 0.462 e. The monoisotopic (exact) mass is 897 g/mol. The first-order chi connectivity index (χ1) is 32.0. The van der Waals surface area contributed by atoms with Crippen LogP contribution in [0, 0.1) is 0 Å². The van der Waals surface area contributed by atoms with Crippen LogP contribution in [0.2, 0.25) is 0 Å². The number of ether oxygens (including phenoxy) is 3. The minimum Gasteiger partial charge on any atom is -0.462 e. The Kier molecular flexibility index (Phi) is 48.6. The Morgan fingerprint density at radius 1 is 0.338 bits per heavy atom. The summed E-state index contributed by atoms with van der Waals surface area (Å²) >= 11 is 0. The number of unbranched alkanes of at least 4 members (excludes halogenated alkanes) is 16. The maximum Gasteiger partial charge on any atom is 0.306 e. The van der Waals surface area contributed by atoms with Crippen molar-refractivity contribution < 1.29 is 28.6 Å². The number of esters is 3. The number of rotatable bonds is 44. The molecule has 0 spiro atoms. The van der Waals surface area contributed by atoms with E-state index in [-0.39, 0.29) is 37.5 Å². The number of hydrogen-bond donors (Lipinski definition) is 0. The van der Waals surface area contributed by atoms with Gasteiger partial charge in [-0.15, -0.1) is 0 Å². The van der Waals surface area contributed by atoms with Gasteiger partial charge in [0, 0.05) is 19.3 Å². The van der Waals surface area contributed by atoms with E-state index in [0.717, 1.165) is 122 Å². The third-order valence-electron chi connectivity index (χ3n) is 10.3. The van der Waals surface area contributed by atoms with Crippen LogP contribution in [0.1, 0.15) is 201 Å². The van der Waals surface area contributed by atoms with Crippen LogP contribution in [-0.4, -0.2) is 37.2 Å². The SMILES string of the molecule is CC/C=C/C=C/C=C/C=C/CCCCCC(=O)OCC(COC(=O)CCCCCCC/C=C/C=C/C=C/CCCCCCC)OC(=O)CCCCC/C=C/C/C=C/C/C=C/C/C=C/CC. The normalized spacial score (nSPS) is 13.2. The van der Waals surface area contributed by atoms with Gasteiger partial charge in [0.1, 0.15) is 13.2 Å². The van der Waals surface area contributed by atoms with Crippen LogP contribution in [0.3, 0.4) is 0 Å². The Bertz CT molecular complexity index is 1450. The summed E-state index contributed by atoms with van der Waals surface area (Å²) in [6.07, 6.45) is 72.9. The lowest BCUT2D eigenvalue weighted by Gasteiger charge is -2.18. The zero-order valence-electron chi connectivity index (χ0n) is 41.4. The summed E-state index contributed by atoms with van der Waals surface area (Å²) in [5.41, 5.74) is 0. The Balaban J connectivity index is 4.56. The smallest absolute Gasteiger partial charge is 0.306 e. The predicted octanol–water partition coefficient (Wildman–Crippen LogP) is 17.1. The third kappa shape index (κ3) is 50.4. The second kappa shape index (κ2) is 52.2. The molecule has 0 aliphatic heterocycles. The van der Waals surface area contributed by atoms with Crippen molar-refractivity contribution in [3.8, 4) is 0 Å². The van der Waals surface area contributed by atoms with E-state index in [1.54, 1.807) is 0 Å². The molecule has 0 saturated heterocycles. The fraction of sp³-hybridized carbons (Fsp3) is 0.576. The fourth-order valence-corrected chi connectivity index (χ4v) is 6.44. The van der Waals surface area contributed by atoms with Crippen molar-refractivity contribution in [2.24, 2.45) is 0 Å². The average Bonchev–Trinajstić information content (AvgIpc) is 3.30. The maximum atomic E-state index is 12.8. The molecule has 0 N–H and O–H groups in total. The number of allylic oxidation sites excluding steroid dienone is 22. The molecule has 65 heavy (non-hydrogen) atoms. The molecule has 1 unspecified atom stereocenters. The Morgan fingerprint density at radius 2 is 0.677 bits per heavy atom. The molecule has 0 rings (SSSR count). The van der Waals surface area contributed by atoms with Gasteiger partial charge in [-0.3, -0.25) is 14.4 Å². The van der Waals surface area contributed by atoms with Gasteiger partial charge in [0.2, 0.25) is 0 Å². The molecule has 6 nitrogen and oxygen atoms in total. The molecule has 0 aliphatic carbocycles. The van der Waals surface area contributed by atoms with E-state index in [2.05, 4.69) is 118 Å². The summed E-state index contributed by atoms with van der Waals surface area (Å²) in [6.45, 7) is 6.26. The number of carbonyl (C=O) groups is 3. The molecule has 0 bridgehead atoms. The van der Waals surface area contributed by atoms with Gasteiger partial charge in [0.25, 0.3) is 0 Å². The van der Waals surface area contributed by atoms with E-state index in [1.165, 1.54) is 32.1 Å². The second-order valence-electron chi connectivity index (χ2n) is 16.5. The topological polar surface area (TPSA) is 78.9 Å². The molecule has 1 atom stereocenters. The molecule has 6 heteroatoms. The Hall–Kier alpha value is -4.45. The number of carbonyl (C=O) groups excluding carboxylic acids is 3. The second-order valence-corrected chi connectivity index (χ2v) is 16.5. The van der Waals surface area contributed by atoms with Crippen molar-refractivity contribution in [2.45, 2.75) is 207 Å². The first-order valence-corrected chi connectivity index (χ1v) is 25.8. The van der Waals surface area contributed by atoms with Gasteiger partial charge in [-0.2, -0.15) is 0 Å². The molecule has 0 aromatic heterocycles. The van der Waals surface area contributed by atoms with Crippen molar-refractivity contribution in [3.63, 3.8) is 0 Å². The van der Waals surface area contributed by atoms with Crippen molar-refractivity contribution in [2.75, 3.05) is 13.2 Å². The average molecular weight is 897 g/mol. The van der Waals surface area contributed by atoms with Gasteiger partial charge >= 0.3 is 17.9 Å². The first kappa shape index (κ1) is 60.5. The highest BCUT2D eigenvalue weighted by Gasteiger charge is 2.19. The minimum absolute atomic E-state index is 0.120. The molecule has 0 heterocycles. The van der Waals surface area contributed by atoms with Gasteiger partial charge < -0.3 is 14.2 Å². The minimum atomic E-state index is -0.824. The maximum absolute atomic E-state index is 12.8. The summed E-state index contributed by atoms with van der Waals surface area (Å²) < 4.78 is 16.7. The predicted molar refractivity (Wildman–Crippen MR) is 279 cm³/mol. The molecule has 364 valence electrons. The number of hydrogen-bond acceptors (Lipinski definition) is 6. The van der Waals surface area contributed by atoms with E-state index in [0.29, 0.717) is 19.3 Å². The lowest BCUT2D eigenvalue weighted by atomic mass is 10.1. The summed E-state index contributed by atoms with van der Waals surface area (Å²) in [5, 5.41) is 0. The van der Waals surface area contributed by atoms with Gasteiger partial charge in [-0.25, -0.2) is 0 Å². The van der Waals surface area contributed by atoms with Gasteiger partial charge in [-0.1, -0.05) is 212 Å². The van der Waals surface area contributed by atoms with E-state index in [9.17, 15) is 14.4 Å². The van der Waals surface area contributed by atoms with Crippen LogP contribution in [0.25, 0.3) is 0 Å². The van der Waals surface area contributed by atoms with Gasteiger partial charge in [-0.05, 0) is 103 Å². The molecular formula is C59H92O6. The van der Waals surface area contributed by atoms with E-state index >= 15 is 0 Å². The summed E-state index contributed by atoms with van der Waals surface area (Å²) in [6, 6.07) is 0. The first-order valence-electron chi connectivity index (χ1n) is 25.8. The van der Waals surface area contributed by atoms with Crippen molar-refractivity contribution in [1.82, 2.24) is 0 Å². The molecule has 0 fully saturated rings. The van der Waals surface area contributed by atoms with Gasteiger partial charge in [0.15, 0.2) is 6.10 Å². The van der Waals surface area contributed by atoms with Gasteiger partial charge in [0.05, 0.1) is 0 Å². The van der Waals surface area contributed by atoms with Crippen LogP contribution >= 0.6 is 0 Å². The van der Waals surface area contributed by atoms with Crippen LogP contribution < -0.4 is 0 Å². The van der Waals surface area contributed by atoms with E-state index in [4.69, 9.17) is 14.2 Å². The van der Waals surface area contributed by atoms with Crippen LogP contribution in [0.15, 0.2) is 134 Å². The van der Waals surface area contributed by atoms with Crippen LogP contribution in [-0.2, 0) is 28.6 Å². The molecule has 0 aromatic rings. The van der Waals surface area contributed by atoms with Crippen molar-refractivity contribution in [3.05, 3.63) is 134 Å². The molecule has 0 amide bonds. The zero-order valence-corrected chi connectivity index (χ0v) is 41.4. The zero-order chi connectivity index (χ0) is 47.2. The third-order valence-corrected chi connectivity index (χ3v) is 10.3. The fourth-order valence-electron chi connectivity index (χ4n) is 6.44. The molecule has 0 radical (unpaired) electrons. The molecule has 0 aromatic carbocycles. The summed E-state index contributed by atoms with van der Waals surface area (Å²) in [7, 11) is 0. The standard InChI is InChI=1S/C59H92O6/c1-4-7-10-13-16-19-22-25-27-29-30-32-34-37-40-43-46-49-52-58(61)64-55-56(54-63-57(60)51-48-45-42-39-36-33-24-21-18-15-12-9-6-3)65-59(62)53-50-47-44-41-38-35-31-28-26-23-20-17-14-11-8-5-2/h8-9,11-12,15,17-18,20-22,24-30,32-33,35-36,38,56H,4-7,10,13-14,16,19,23,31,34,37,39-55H2,1-3H3/b11-8+,12-9+,18-15+,20-17+,24-21+,25-22+,28-26+,29-27+,32-30+,36-33+,38-35+. The highest BCUT2D eigenvalue weighted by molar-refractivity contribution is 5.71. The Morgan fingerprint density at radius 3 is 1.14 bits per heavy atom. The summed E-state index contributed by atoms with van der Waals surface area (Å²) in [5.74, 6) is -1.02. The Labute approximate surface area is 398 Å². The van der Waals surface area contributed by atoms with E-state index < -0.39 is 6.10 Å². The molecule has 0 saturated carbocycles. The van der Waals surface area contributed by atoms with Crippen LogP contribution in [0.5, 0.6) is 0 Å². The van der Waals surface area contributed by atoms with Crippen LogP contribution in [0.4, 0.5) is 0 Å². The highest BCUT2D eigenvalue weighted by atomic mass is 16.6. The molecule has 0 aliphatic rings. The van der Waals surface area contributed by atoms with E-state index in [1.807, 2.05) is 36.5 Å². The quantitative estimate of drug-likeness (QED) is 0.0199. The highest BCUT2D eigenvalue weighted by Crippen LogP contribution is 2.12. The molecular weight excluding hydrogens is 805 g/mol. The van der Waals surface area contributed by atoms with Crippen molar-refractivity contribution in [1.29, 1.82) is 0 Å².